The highest BCUT2D eigenvalue weighted by molar-refractivity contribution is 5.95. The van der Waals surface area contributed by atoms with Gasteiger partial charge in [-0.1, -0.05) is 0 Å². The summed E-state index contributed by atoms with van der Waals surface area (Å²) in [6.07, 6.45) is 7.03. The fourth-order valence-corrected chi connectivity index (χ4v) is 1.73. The van der Waals surface area contributed by atoms with Gasteiger partial charge in [-0.2, -0.15) is 4.99 Å². The lowest BCUT2D eigenvalue weighted by Gasteiger charge is -2.02. The van der Waals surface area contributed by atoms with Crippen LogP contribution >= 0.6 is 0 Å². The summed E-state index contributed by atoms with van der Waals surface area (Å²) in [5, 5.41) is 0. The molecule has 2 aromatic heterocycles. The maximum absolute atomic E-state index is 11.9. The largest absolute Gasteiger partial charge is 0.461 e. The van der Waals surface area contributed by atoms with Crippen molar-refractivity contribution >= 4 is 23.7 Å². The summed E-state index contributed by atoms with van der Waals surface area (Å²) in [5.41, 5.74) is 1.65. The number of imidazole rings is 1. The molecule has 2 rings (SSSR count). The highest BCUT2D eigenvalue weighted by Crippen LogP contribution is 2.14. The van der Waals surface area contributed by atoms with Crippen molar-refractivity contribution in [3.8, 4) is 0 Å². The van der Waals surface area contributed by atoms with E-state index in [0.29, 0.717) is 6.54 Å². The predicted octanol–water partition coefficient (Wildman–Crippen LogP) is 2.43. The number of aliphatic imine (C=N–C) groups is 2. The molecule has 0 atom stereocenters. The summed E-state index contributed by atoms with van der Waals surface area (Å²) in [6, 6.07) is 6.21. The van der Waals surface area contributed by atoms with Crippen LogP contribution in [0.5, 0.6) is 0 Å². The van der Waals surface area contributed by atoms with Gasteiger partial charge in [-0.05, 0) is 32.1 Å². The minimum atomic E-state index is -0.509. The van der Waals surface area contributed by atoms with Crippen LogP contribution in [0.25, 0.3) is 11.7 Å². The third kappa shape index (κ3) is 3.64. The molecule has 0 aromatic carbocycles. The molecule has 0 spiro atoms. The Morgan fingerprint density at radius 1 is 1.48 bits per heavy atom. The van der Waals surface area contributed by atoms with Crippen LogP contribution in [0.3, 0.4) is 0 Å². The van der Waals surface area contributed by atoms with E-state index in [1.807, 2.05) is 35.9 Å². The Morgan fingerprint density at radius 2 is 2.33 bits per heavy atom. The van der Waals surface area contributed by atoms with Gasteiger partial charge in [-0.25, -0.2) is 14.8 Å². The maximum atomic E-state index is 11.9. The molecule has 0 saturated carbocycles. The fourth-order valence-electron chi connectivity index (χ4n) is 1.73. The molecule has 0 aliphatic rings. The van der Waals surface area contributed by atoms with Gasteiger partial charge in [0.15, 0.2) is 5.70 Å². The van der Waals surface area contributed by atoms with E-state index in [2.05, 4.69) is 21.0 Å². The minimum Gasteiger partial charge on any atom is -0.461 e. The second kappa shape index (κ2) is 7.17. The van der Waals surface area contributed by atoms with Gasteiger partial charge in [0.05, 0.1) is 12.6 Å². The Balaban J connectivity index is 2.46. The molecule has 6 nitrogen and oxygen atoms in total. The quantitative estimate of drug-likeness (QED) is 0.481. The summed E-state index contributed by atoms with van der Waals surface area (Å²) < 4.78 is 6.85. The number of aromatic nitrogens is 2. The van der Waals surface area contributed by atoms with Gasteiger partial charge in [-0.15, -0.1) is 0 Å². The standard InChI is InChI=1S/C15H16N4O2/c1-3-16-11-18-13(15(20)21-4-2)10-12-6-5-8-19-9-7-17-14(12)19/h5-10H,3-4H2,1-2H3/b13-10+. The van der Waals surface area contributed by atoms with Crippen molar-refractivity contribution in [2.75, 3.05) is 13.2 Å². The third-order valence-electron chi connectivity index (χ3n) is 2.63. The Labute approximate surface area is 122 Å². The topological polar surface area (TPSA) is 68.3 Å². The van der Waals surface area contributed by atoms with Crippen LogP contribution in [0.4, 0.5) is 0 Å². The van der Waals surface area contributed by atoms with E-state index < -0.39 is 5.97 Å². The Kier molecular flexibility index (Phi) is 5.01. The lowest BCUT2D eigenvalue weighted by atomic mass is 10.2. The van der Waals surface area contributed by atoms with E-state index in [1.165, 1.54) is 0 Å². The first-order valence-corrected chi connectivity index (χ1v) is 6.69. The van der Waals surface area contributed by atoms with Gasteiger partial charge in [0.1, 0.15) is 5.65 Å². The molecule has 0 aliphatic carbocycles. The Morgan fingerprint density at radius 3 is 3.10 bits per heavy atom. The smallest absolute Gasteiger partial charge is 0.357 e. The molecule has 0 N–H and O–H groups in total. The molecule has 0 radical (unpaired) electrons. The van der Waals surface area contributed by atoms with Crippen molar-refractivity contribution in [3.63, 3.8) is 0 Å². The first kappa shape index (κ1) is 14.7. The van der Waals surface area contributed by atoms with Crippen molar-refractivity contribution in [2.24, 2.45) is 9.98 Å². The van der Waals surface area contributed by atoms with E-state index in [-0.39, 0.29) is 12.3 Å². The number of ether oxygens (including phenoxy) is 1. The van der Waals surface area contributed by atoms with Crippen LogP contribution in [-0.2, 0) is 9.53 Å². The van der Waals surface area contributed by atoms with Crippen LogP contribution < -0.4 is 0 Å². The number of carbonyl (C=O) groups is 1. The lowest BCUT2D eigenvalue weighted by Crippen LogP contribution is -2.06. The molecule has 108 valence electrons. The Bertz CT molecular complexity index is 720. The predicted molar refractivity (Wildman–Crippen MR) is 80.2 cm³/mol. The summed E-state index contributed by atoms with van der Waals surface area (Å²) in [7, 11) is 0. The molecule has 0 unspecified atom stereocenters. The fraction of sp³-hybridized carbons (Fsp3) is 0.267. The van der Waals surface area contributed by atoms with Crippen molar-refractivity contribution < 1.29 is 9.53 Å². The molecule has 0 bridgehead atoms. The lowest BCUT2D eigenvalue weighted by molar-refractivity contribution is -0.138. The number of nitrogens with zero attached hydrogens (tertiary/aromatic N) is 4. The molecule has 0 amide bonds. The van der Waals surface area contributed by atoms with Crippen LogP contribution in [0.2, 0.25) is 0 Å². The van der Waals surface area contributed by atoms with Gasteiger partial charge in [0.25, 0.3) is 0 Å². The number of pyridine rings is 1. The second-order valence-corrected chi connectivity index (χ2v) is 4.06. The molecule has 0 saturated heterocycles. The summed E-state index contributed by atoms with van der Waals surface area (Å²) in [5.74, 6) is -0.509. The van der Waals surface area contributed by atoms with Crippen molar-refractivity contribution in [3.05, 3.63) is 42.0 Å². The molecule has 2 heterocycles. The van der Waals surface area contributed by atoms with Crippen molar-refractivity contribution in [1.82, 2.24) is 9.38 Å². The van der Waals surface area contributed by atoms with Gasteiger partial charge in [0.2, 0.25) is 0 Å². The first-order valence-electron chi connectivity index (χ1n) is 6.69. The zero-order valence-corrected chi connectivity index (χ0v) is 12.0. The highest BCUT2D eigenvalue weighted by atomic mass is 16.5. The van der Waals surface area contributed by atoms with E-state index >= 15 is 0 Å². The maximum Gasteiger partial charge on any atom is 0.357 e. The number of rotatable bonds is 5. The molecule has 2 aromatic rings. The Hall–Kier alpha value is -2.72. The second-order valence-electron chi connectivity index (χ2n) is 4.06. The third-order valence-corrected chi connectivity index (χ3v) is 2.63. The number of esters is 1. The zero-order valence-electron chi connectivity index (χ0n) is 12.0. The van der Waals surface area contributed by atoms with Gasteiger partial charge in [0, 0.05) is 30.7 Å². The van der Waals surface area contributed by atoms with Crippen molar-refractivity contribution in [2.45, 2.75) is 13.8 Å². The van der Waals surface area contributed by atoms with Gasteiger partial charge in [-0.3, -0.25) is 0 Å². The summed E-state index contributed by atoms with van der Waals surface area (Å²) in [4.78, 5) is 24.0. The number of carbonyl (C=O) groups excluding carboxylic acids is 1. The average Bonchev–Trinajstić information content (AvgIpc) is 2.96. The normalized spacial score (nSPS) is 11.0. The number of hydrogen-bond acceptors (Lipinski definition) is 5. The average molecular weight is 284 g/mol. The van der Waals surface area contributed by atoms with E-state index in [1.54, 1.807) is 19.2 Å². The molecular weight excluding hydrogens is 268 g/mol. The van der Waals surface area contributed by atoms with Crippen LogP contribution in [0.15, 0.2) is 46.4 Å². The van der Waals surface area contributed by atoms with E-state index in [0.717, 1.165) is 11.2 Å². The molecular formula is C15H16N4O2. The van der Waals surface area contributed by atoms with E-state index in [9.17, 15) is 4.79 Å². The zero-order chi connectivity index (χ0) is 15.1. The first-order chi connectivity index (χ1) is 10.3. The van der Waals surface area contributed by atoms with Gasteiger partial charge >= 0.3 is 5.97 Å². The molecule has 0 fully saturated rings. The molecule has 6 heteroatoms. The van der Waals surface area contributed by atoms with Crippen LogP contribution in [0, 0.1) is 0 Å². The molecule has 21 heavy (non-hydrogen) atoms. The van der Waals surface area contributed by atoms with Crippen molar-refractivity contribution in [1.29, 1.82) is 0 Å². The summed E-state index contributed by atoms with van der Waals surface area (Å²) >= 11 is 0. The van der Waals surface area contributed by atoms with E-state index in [4.69, 9.17) is 4.74 Å². The van der Waals surface area contributed by atoms with Crippen LogP contribution in [-0.4, -0.2) is 34.5 Å². The van der Waals surface area contributed by atoms with Crippen LogP contribution in [0.1, 0.15) is 19.4 Å². The number of fused-ring (bicyclic) bond motifs is 1. The van der Waals surface area contributed by atoms with Gasteiger partial charge < -0.3 is 9.14 Å². The minimum absolute atomic E-state index is 0.144. The SMILES string of the molecule is CCN=C=N/C(=C/c1cccn2ccnc12)C(=O)OCC. The summed E-state index contributed by atoms with van der Waals surface area (Å²) in [6.45, 7) is 4.44. The monoisotopic (exact) mass is 284 g/mol. The highest BCUT2D eigenvalue weighted by Gasteiger charge is 2.11. The molecule has 0 aliphatic heterocycles. The number of hydrogen-bond donors (Lipinski definition) is 0.